The second-order valence-electron chi connectivity index (χ2n) is 4.89. The zero-order valence-electron chi connectivity index (χ0n) is 11.8. The van der Waals surface area contributed by atoms with E-state index in [-0.39, 0.29) is 12.2 Å². The molecule has 0 spiro atoms. The van der Waals surface area contributed by atoms with Crippen LogP contribution >= 0.6 is 11.3 Å². The van der Waals surface area contributed by atoms with Gasteiger partial charge in [-0.05, 0) is 17.5 Å². The number of hydrogen-bond donors (Lipinski definition) is 1. The molecule has 1 unspecified atom stereocenters. The first-order valence-electron chi connectivity index (χ1n) is 6.68. The lowest BCUT2D eigenvalue weighted by atomic mass is 10.2. The van der Waals surface area contributed by atoms with E-state index < -0.39 is 33.3 Å². The molecule has 0 aliphatic carbocycles. The summed E-state index contributed by atoms with van der Waals surface area (Å²) < 4.78 is 42.7. The van der Waals surface area contributed by atoms with Crippen LogP contribution in [-0.4, -0.2) is 32.0 Å². The average Bonchev–Trinajstić information content (AvgIpc) is 2.94. The lowest BCUT2D eigenvalue weighted by molar-refractivity contribution is 0.0401. The van der Waals surface area contributed by atoms with Gasteiger partial charge in [-0.15, -0.1) is 11.3 Å². The minimum Gasteiger partial charge on any atom is -0.390 e. The van der Waals surface area contributed by atoms with Gasteiger partial charge >= 0.3 is 0 Å². The van der Waals surface area contributed by atoms with Gasteiger partial charge in [0.25, 0.3) is 0 Å². The summed E-state index contributed by atoms with van der Waals surface area (Å²) in [6.07, 6.45) is -1.13. The van der Waals surface area contributed by atoms with Gasteiger partial charge < -0.3 is 9.84 Å². The van der Waals surface area contributed by atoms with Crippen molar-refractivity contribution >= 4 is 21.2 Å². The predicted molar refractivity (Wildman–Crippen MR) is 83.9 cm³/mol. The van der Waals surface area contributed by atoms with Crippen molar-refractivity contribution in [2.75, 3.05) is 12.4 Å². The van der Waals surface area contributed by atoms with E-state index in [1.807, 2.05) is 17.5 Å². The van der Waals surface area contributed by atoms with Gasteiger partial charge in [-0.25, -0.2) is 12.8 Å². The Morgan fingerprint density at radius 1 is 1.23 bits per heavy atom. The lowest BCUT2D eigenvalue weighted by Crippen LogP contribution is -2.26. The molecular formula is C15H17FO4S2. The summed E-state index contributed by atoms with van der Waals surface area (Å²) in [6, 6.07) is 9.50. The molecule has 0 fully saturated rings. The zero-order chi connectivity index (χ0) is 16.0. The second kappa shape index (κ2) is 7.82. The molecule has 2 aromatic rings. The van der Waals surface area contributed by atoms with Gasteiger partial charge in [0, 0.05) is 10.4 Å². The van der Waals surface area contributed by atoms with Gasteiger partial charge in [0.2, 0.25) is 0 Å². The van der Waals surface area contributed by atoms with Crippen LogP contribution in [0.3, 0.4) is 0 Å². The van der Waals surface area contributed by atoms with E-state index in [1.54, 1.807) is 6.07 Å². The molecule has 2 rings (SSSR count). The van der Waals surface area contributed by atoms with Crippen molar-refractivity contribution in [1.82, 2.24) is 0 Å². The van der Waals surface area contributed by atoms with Crippen molar-refractivity contribution < 1.29 is 22.7 Å². The van der Waals surface area contributed by atoms with E-state index in [0.717, 1.165) is 4.88 Å². The Bertz CT molecular complexity index is 683. The maximum Gasteiger partial charge on any atom is 0.157 e. The third-order valence-corrected chi connectivity index (χ3v) is 5.41. The number of sulfone groups is 1. The van der Waals surface area contributed by atoms with Crippen molar-refractivity contribution in [2.45, 2.75) is 18.5 Å². The number of hydrogen-bond acceptors (Lipinski definition) is 5. The predicted octanol–water partition coefficient (Wildman–Crippen LogP) is 2.38. The van der Waals surface area contributed by atoms with Gasteiger partial charge in [0.05, 0.1) is 30.8 Å². The molecule has 1 heterocycles. The maximum atomic E-state index is 13.5. The maximum absolute atomic E-state index is 13.5. The third-order valence-electron chi connectivity index (χ3n) is 2.91. The summed E-state index contributed by atoms with van der Waals surface area (Å²) in [5.41, 5.74) is 0.106. The van der Waals surface area contributed by atoms with Crippen molar-refractivity contribution in [2.24, 2.45) is 0 Å². The Balaban J connectivity index is 1.81. The fraction of sp³-hybridized carbons (Fsp3) is 0.333. The first-order chi connectivity index (χ1) is 10.5. The fourth-order valence-electron chi connectivity index (χ4n) is 1.94. The van der Waals surface area contributed by atoms with E-state index in [4.69, 9.17) is 4.74 Å². The van der Waals surface area contributed by atoms with Crippen LogP contribution in [0.4, 0.5) is 4.39 Å². The molecule has 1 aromatic heterocycles. The van der Waals surface area contributed by atoms with Gasteiger partial charge in [0.15, 0.2) is 9.84 Å². The Kier molecular flexibility index (Phi) is 6.07. The monoisotopic (exact) mass is 344 g/mol. The summed E-state index contributed by atoms with van der Waals surface area (Å²) in [7, 11) is -3.61. The van der Waals surface area contributed by atoms with Crippen molar-refractivity contribution in [3.05, 3.63) is 58.0 Å². The molecule has 4 nitrogen and oxygen atoms in total. The lowest BCUT2D eigenvalue weighted by Gasteiger charge is -2.12. The zero-order valence-corrected chi connectivity index (χ0v) is 13.4. The number of aliphatic hydroxyl groups is 1. The van der Waals surface area contributed by atoms with Crippen LogP contribution in [-0.2, 0) is 26.9 Å². The molecule has 22 heavy (non-hydrogen) atoms. The Labute approximate surface area is 133 Å². The van der Waals surface area contributed by atoms with Crippen LogP contribution in [0.1, 0.15) is 10.4 Å². The number of thiophene rings is 1. The molecule has 120 valence electrons. The molecular weight excluding hydrogens is 327 g/mol. The van der Waals surface area contributed by atoms with E-state index in [2.05, 4.69) is 0 Å². The molecule has 0 aliphatic heterocycles. The van der Waals surface area contributed by atoms with E-state index in [1.165, 1.54) is 29.5 Å². The van der Waals surface area contributed by atoms with Gasteiger partial charge in [-0.2, -0.15) is 0 Å². The molecule has 0 saturated carbocycles. The Morgan fingerprint density at radius 2 is 2.00 bits per heavy atom. The van der Waals surface area contributed by atoms with Gasteiger partial charge in [-0.1, -0.05) is 24.3 Å². The van der Waals surface area contributed by atoms with Crippen LogP contribution in [0.5, 0.6) is 0 Å². The van der Waals surface area contributed by atoms with Crippen LogP contribution in [0, 0.1) is 5.82 Å². The summed E-state index contributed by atoms with van der Waals surface area (Å²) >= 11 is 1.52. The highest BCUT2D eigenvalue weighted by molar-refractivity contribution is 7.90. The molecule has 1 atom stereocenters. The number of aliphatic hydroxyl groups excluding tert-OH is 1. The summed E-state index contributed by atoms with van der Waals surface area (Å²) in [6.45, 7) is 0.260. The molecule has 1 aromatic carbocycles. The molecule has 0 aliphatic rings. The minimum absolute atomic E-state index is 0.0750. The summed E-state index contributed by atoms with van der Waals surface area (Å²) in [5, 5.41) is 11.7. The Hall–Kier alpha value is -1.28. The third kappa shape index (κ3) is 5.49. The normalized spacial score (nSPS) is 13.2. The van der Waals surface area contributed by atoms with Gasteiger partial charge in [0.1, 0.15) is 5.82 Å². The number of ether oxygens (including phenoxy) is 1. The highest BCUT2D eigenvalue weighted by Crippen LogP contribution is 2.13. The smallest absolute Gasteiger partial charge is 0.157 e. The number of halogens is 1. The molecule has 7 heteroatoms. The quantitative estimate of drug-likeness (QED) is 0.799. The first kappa shape index (κ1) is 17.1. The van der Waals surface area contributed by atoms with Crippen molar-refractivity contribution in [3.8, 4) is 0 Å². The topological polar surface area (TPSA) is 63.6 Å². The minimum atomic E-state index is -3.61. The van der Waals surface area contributed by atoms with Crippen LogP contribution in [0.25, 0.3) is 0 Å². The van der Waals surface area contributed by atoms with Crippen LogP contribution < -0.4 is 0 Å². The van der Waals surface area contributed by atoms with Gasteiger partial charge in [-0.3, -0.25) is 0 Å². The van der Waals surface area contributed by atoms with E-state index in [9.17, 15) is 17.9 Å². The molecule has 0 amide bonds. The van der Waals surface area contributed by atoms with E-state index >= 15 is 0 Å². The summed E-state index contributed by atoms with van der Waals surface area (Å²) in [5.74, 6) is -1.44. The Morgan fingerprint density at radius 3 is 2.68 bits per heavy atom. The molecule has 0 radical (unpaired) electrons. The molecule has 0 saturated heterocycles. The standard InChI is InChI=1S/C15H17FO4S2/c16-15-6-2-1-4-12(15)10-22(18,19)11-13(17)8-20-9-14-5-3-7-21-14/h1-7,13,17H,8-11H2. The summed E-state index contributed by atoms with van der Waals surface area (Å²) in [4.78, 5) is 1.00. The fourth-order valence-corrected chi connectivity index (χ4v) is 4.09. The van der Waals surface area contributed by atoms with Crippen LogP contribution in [0.2, 0.25) is 0 Å². The largest absolute Gasteiger partial charge is 0.390 e. The highest BCUT2D eigenvalue weighted by atomic mass is 32.2. The molecule has 0 bridgehead atoms. The first-order valence-corrected chi connectivity index (χ1v) is 9.38. The highest BCUT2D eigenvalue weighted by Gasteiger charge is 2.19. The van der Waals surface area contributed by atoms with E-state index in [0.29, 0.717) is 6.61 Å². The SMILES string of the molecule is O=S(=O)(Cc1ccccc1F)CC(O)COCc1cccs1. The number of rotatable bonds is 8. The number of benzene rings is 1. The average molecular weight is 344 g/mol. The second-order valence-corrected chi connectivity index (χ2v) is 8.04. The van der Waals surface area contributed by atoms with Crippen molar-refractivity contribution in [3.63, 3.8) is 0 Å². The van der Waals surface area contributed by atoms with Crippen LogP contribution in [0.15, 0.2) is 41.8 Å². The molecule has 1 N–H and O–H groups in total. The van der Waals surface area contributed by atoms with Crippen molar-refractivity contribution in [1.29, 1.82) is 0 Å².